The maximum atomic E-state index is 12.5. The molecule has 2 rings (SSSR count). The summed E-state index contributed by atoms with van der Waals surface area (Å²) in [6.07, 6.45) is 4.51. The number of amides is 1. The lowest BCUT2D eigenvalue weighted by Crippen LogP contribution is -2.46. The molecule has 2 aliphatic heterocycles. The topological polar surface area (TPSA) is 35.6 Å². The average Bonchev–Trinajstić information content (AvgIpc) is 2.85. The molecule has 110 valence electrons. The molecule has 4 nitrogen and oxygen atoms in total. The van der Waals surface area contributed by atoms with Gasteiger partial charge in [0.2, 0.25) is 5.91 Å². The summed E-state index contributed by atoms with van der Waals surface area (Å²) in [5.41, 5.74) is 0. The van der Waals surface area contributed by atoms with E-state index in [1.165, 1.54) is 19.4 Å². The number of likely N-dealkylation sites (tertiary alicyclic amines) is 1. The number of nitrogens with zero attached hydrogens (tertiary/aromatic N) is 2. The van der Waals surface area contributed by atoms with E-state index in [0.717, 1.165) is 32.5 Å². The van der Waals surface area contributed by atoms with E-state index in [4.69, 9.17) is 0 Å². The van der Waals surface area contributed by atoms with Crippen LogP contribution in [0.15, 0.2) is 0 Å². The number of rotatable bonds is 4. The maximum absolute atomic E-state index is 12.5. The molecule has 0 aromatic carbocycles. The van der Waals surface area contributed by atoms with Crippen LogP contribution in [0.25, 0.3) is 0 Å². The van der Waals surface area contributed by atoms with Crippen molar-refractivity contribution in [1.29, 1.82) is 0 Å². The van der Waals surface area contributed by atoms with Crippen LogP contribution in [0.3, 0.4) is 0 Å². The van der Waals surface area contributed by atoms with Crippen molar-refractivity contribution in [2.24, 2.45) is 5.92 Å². The number of piperidine rings is 1. The molecule has 0 spiro atoms. The first-order chi connectivity index (χ1) is 9.11. The SMILES string of the molecule is CCN1CCCC1CN(C)C(=O)C1CCNC(C)C1. The van der Waals surface area contributed by atoms with Gasteiger partial charge in [-0.3, -0.25) is 9.69 Å². The molecule has 0 aromatic rings. The van der Waals surface area contributed by atoms with Crippen LogP contribution in [-0.2, 0) is 4.79 Å². The molecule has 1 amide bonds. The molecule has 3 atom stereocenters. The molecule has 0 saturated carbocycles. The minimum atomic E-state index is 0.234. The number of hydrogen-bond acceptors (Lipinski definition) is 3. The highest BCUT2D eigenvalue weighted by molar-refractivity contribution is 5.78. The summed E-state index contributed by atoms with van der Waals surface area (Å²) in [6.45, 7) is 8.59. The van der Waals surface area contributed by atoms with Gasteiger partial charge in [0.25, 0.3) is 0 Å². The first kappa shape index (κ1) is 14.8. The number of carbonyl (C=O) groups excluding carboxylic acids is 1. The van der Waals surface area contributed by atoms with Gasteiger partial charge < -0.3 is 10.2 Å². The number of hydrogen-bond donors (Lipinski definition) is 1. The fourth-order valence-corrected chi connectivity index (χ4v) is 3.59. The van der Waals surface area contributed by atoms with Crippen molar-refractivity contribution in [3.8, 4) is 0 Å². The molecule has 2 aliphatic rings. The van der Waals surface area contributed by atoms with Crippen LogP contribution in [0.1, 0.15) is 39.5 Å². The lowest BCUT2D eigenvalue weighted by molar-refractivity contribution is -0.136. The van der Waals surface area contributed by atoms with Gasteiger partial charge in [-0.25, -0.2) is 0 Å². The molecule has 1 N–H and O–H groups in total. The minimum absolute atomic E-state index is 0.234. The predicted octanol–water partition coefficient (Wildman–Crippen LogP) is 1.32. The minimum Gasteiger partial charge on any atom is -0.344 e. The third-order valence-corrected chi connectivity index (χ3v) is 4.74. The van der Waals surface area contributed by atoms with E-state index in [2.05, 4.69) is 24.1 Å². The predicted molar refractivity (Wildman–Crippen MR) is 78.1 cm³/mol. The van der Waals surface area contributed by atoms with Crippen molar-refractivity contribution in [3.05, 3.63) is 0 Å². The van der Waals surface area contributed by atoms with Crippen molar-refractivity contribution in [3.63, 3.8) is 0 Å². The molecular formula is C15H29N3O. The maximum Gasteiger partial charge on any atom is 0.225 e. The van der Waals surface area contributed by atoms with E-state index >= 15 is 0 Å². The van der Waals surface area contributed by atoms with E-state index in [1.54, 1.807) is 0 Å². The van der Waals surface area contributed by atoms with Crippen LogP contribution in [0, 0.1) is 5.92 Å². The summed E-state index contributed by atoms with van der Waals surface area (Å²) >= 11 is 0. The summed E-state index contributed by atoms with van der Waals surface area (Å²) in [5, 5.41) is 3.42. The second kappa shape index (κ2) is 6.71. The van der Waals surface area contributed by atoms with E-state index in [9.17, 15) is 4.79 Å². The van der Waals surface area contributed by atoms with Crippen molar-refractivity contribution in [2.45, 2.75) is 51.6 Å². The Bertz CT molecular complexity index is 308. The summed E-state index contributed by atoms with van der Waals surface area (Å²) < 4.78 is 0. The van der Waals surface area contributed by atoms with Gasteiger partial charge in [-0.05, 0) is 52.2 Å². The summed E-state index contributed by atoms with van der Waals surface area (Å²) in [6, 6.07) is 1.06. The van der Waals surface area contributed by atoms with Crippen molar-refractivity contribution < 1.29 is 4.79 Å². The lowest BCUT2D eigenvalue weighted by atomic mass is 9.92. The van der Waals surface area contributed by atoms with Gasteiger partial charge >= 0.3 is 0 Å². The second-order valence-corrected chi connectivity index (χ2v) is 6.22. The molecule has 19 heavy (non-hydrogen) atoms. The average molecular weight is 267 g/mol. The Balaban J connectivity index is 1.84. The quantitative estimate of drug-likeness (QED) is 0.834. The first-order valence-electron chi connectivity index (χ1n) is 7.84. The zero-order chi connectivity index (χ0) is 13.8. The summed E-state index contributed by atoms with van der Waals surface area (Å²) in [7, 11) is 1.99. The van der Waals surface area contributed by atoms with E-state index < -0.39 is 0 Å². The molecule has 2 fully saturated rings. The van der Waals surface area contributed by atoms with Crippen molar-refractivity contribution in [2.75, 3.05) is 33.2 Å². The number of carbonyl (C=O) groups is 1. The Kier molecular flexibility index (Phi) is 5.22. The van der Waals surface area contributed by atoms with Gasteiger partial charge in [0.1, 0.15) is 0 Å². The number of nitrogens with one attached hydrogen (secondary N) is 1. The van der Waals surface area contributed by atoms with E-state index in [-0.39, 0.29) is 5.92 Å². The highest BCUT2D eigenvalue weighted by Crippen LogP contribution is 2.21. The molecule has 0 bridgehead atoms. The molecule has 0 aromatic heterocycles. The highest BCUT2D eigenvalue weighted by atomic mass is 16.2. The Hall–Kier alpha value is -0.610. The van der Waals surface area contributed by atoms with Crippen LogP contribution in [0.4, 0.5) is 0 Å². The van der Waals surface area contributed by atoms with Gasteiger partial charge in [-0.15, -0.1) is 0 Å². The van der Waals surface area contributed by atoms with Gasteiger partial charge in [0.15, 0.2) is 0 Å². The Morgan fingerprint density at radius 1 is 1.42 bits per heavy atom. The standard InChI is InChI=1S/C15H29N3O/c1-4-18-9-5-6-14(18)11-17(3)15(19)13-7-8-16-12(2)10-13/h12-14,16H,4-11H2,1-3H3. The van der Waals surface area contributed by atoms with Crippen molar-refractivity contribution in [1.82, 2.24) is 15.1 Å². The van der Waals surface area contributed by atoms with E-state index in [1.807, 2.05) is 11.9 Å². The smallest absolute Gasteiger partial charge is 0.225 e. The van der Waals surface area contributed by atoms with Gasteiger partial charge in [-0.2, -0.15) is 0 Å². The van der Waals surface area contributed by atoms with Gasteiger partial charge in [0.05, 0.1) is 0 Å². The van der Waals surface area contributed by atoms with Gasteiger partial charge in [-0.1, -0.05) is 6.92 Å². The second-order valence-electron chi connectivity index (χ2n) is 6.22. The largest absolute Gasteiger partial charge is 0.344 e. The van der Waals surface area contributed by atoms with Crippen LogP contribution < -0.4 is 5.32 Å². The molecular weight excluding hydrogens is 238 g/mol. The van der Waals surface area contributed by atoms with Crippen LogP contribution >= 0.6 is 0 Å². The van der Waals surface area contributed by atoms with Crippen molar-refractivity contribution >= 4 is 5.91 Å². The molecule has 0 aliphatic carbocycles. The van der Waals surface area contributed by atoms with Crippen LogP contribution in [-0.4, -0.2) is 61.0 Å². The summed E-state index contributed by atoms with van der Waals surface area (Å²) in [4.78, 5) is 17.0. The molecule has 3 unspecified atom stereocenters. The summed E-state index contributed by atoms with van der Waals surface area (Å²) in [5.74, 6) is 0.592. The molecule has 0 radical (unpaired) electrons. The van der Waals surface area contributed by atoms with Gasteiger partial charge in [0, 0.05) is 31.6 Å². The fourth-order valence-electron chi connectivity index (χ4n) is 3.59. The van der Waals surface area contributed by atoms with Crippen LogP contribution in [0.2, 0.25) is 0 Å². The molecule has 2 heterocycles. The fraction of sp³-hybridized carbons (Fsp3) is 0.933. The Labute approximate surface area is 117 Å². The first-order valence-corrected chi connectivity index (χ1v) is 7.84. The zero-order valence-electron chi connectivity index (χ0n) is 12.7. The zero-order valence-corrected chi connectivity index (χ0v) is 12.7. The third-order valence-electron chi connectivity index (χ3n) is 4.74. The normalized spacial score (nSPS) is 32.5. The Morgan fingerprint density at radius 2 is 2.21 bits per heavy atom. The molecule has 4 heteroatoms. The monoisotopic (exact) mass is 267 g/mol. The number of likely N-dealkylation sites (N-methyl/N-ethyl adjacent to an activating group) is 2. The highest BCUT2D eigenvalue weighted by Gasteiger charge is 2.30. The van der Waals surface area contributed by atoms with E-state index in [0.29, 0.717) is 18.0 Å². The third kappa shape index (κ3) is 3.69. The molecule has 2 saturated heterocycles. The lowest BCUT2D eigenvalue weighted by Gasteiger charge is -2.33. The van der Waals surface area contributed by atoms with Crippen LogP contribution in [0.5, 0.6) is 0 Å². The Morgan fingerprint density at radius 3 is 2.89 bits per heavy atom.